The van der Waals surface area contributed by atoms with Crippen LogP contribution in [0.1, 0.15) is 71.8 Å². The number of carbonyl (C=O) groups is 1. The third-order valence-corrected chi connectivity index (χ3v) is 6.16. The Bertz CT molecular complexity index is 919. The fraction of sp³-hybridized carbons (Fsp3) is 0.375. The number of fused-ring (bicyclic) bond motifs is 3. The van der Waals surface area contributed by atoms with Crippen molar-refractivity contribution >= 4 is 11.7 Å². The minimum absolute atomic E-state index is 0.134. The summed E-state index contributed by atoms with van der Waals surface area (Å²) < 4.78 is 0. The molecule has 1 heterocycles. The van der Waals surface area contributed by atoms with E-state index in [2.05, 4.69) is 62.5 Å². The van der Waals surface area contributed by atoms with Crippen LogP contribution >= 0.6 is 0 Å². The zero-order valence-corrected chi connectivity index (χ0v) is 16.4. The summed E-state index contributed by atoms with van der Waals surface area (Å²) >= 11 is 0. The Labute approximate surface area is 161 Å². The molecule has 1 aliphatic heterocycles. The molecule has 2 aromatic carbocycles. The lowest BCUT2D eigenvalue weighted by molar-refractivity contribution is 0.0696. The highest BCUT2D eigenvalue weighted by Gasteiger charge is 2.39. The summed E-state index contributed by atoms with van der Waals surface area (Å²) in [5.41, 5.74) is 6.15. The lowest BCUT2D eigenvalue weighted by Crippen LogP contribution is -2.30. The molecule has 0 bridgehead atoms. The predicted octanol–water partition coefficient (Wildman–Crippen LogP) is 5.82. The quantitative estimate of drug-likeness (QED) is 0.663. The fourth-order valence-electron chi connectivity index (χ4n) is 4.57. The van der Waals surface area contributed by atoms with Crippen molar-refractivity contribution in [2.45, 2.75) is 51.5 Å². The van der Waals surface area contributed by atoms with Crippen LogP contribution < -0.4 is 5.32 Å². The van der Waals surface area contributed by atoms with Crippen molar-refractivity contribution in [3.63, 3.8) is 0 Å². The van der Waals surface area contributed by atoms with Crippen LogP contribution in [-0.4, -0.2) is 11.1 Å². The molecule has 0 fully saturated rings. The Morgan fingerprint density at radius 3 is 2.44 bits per heavy atom. The van der Waals surface area contributed by atoms with Gasteiger partial charge in [0, 0.05) is 11.6 Å². The molecule has 0 spiro atoms. The number of benzene rings is 2. The predicted molar refractivity (Wildman–Crippen MR) is 110 cm³/mol. The van der Waals surface area contributed by atoms with Gasteiger partial charge in [0.25, 0.3) is 0 Å². The van der Waals surface area contributed by atoms with E-state index in [4.69, 9.17) is 0 Å². The van der Waals surface area contributed by atoms with Crippen LogP contribution in [0, 0.1) is 12.8 Å². The minimum Gasteiger partial charge on any atom is -0.478 e. The molecule has 1 aliphatic carbocycles. The van der Waals surface area contributed by atoms with Crippen LogP contribution in [0.15, 0.2) is 48.6 Å². The minimum atomic E-state index is -0.868. The van der Waals surface area contributed by atoms with Gasteiger partial charge >= 0.3 is 5.97 Å². The summed E-state index contributed by atoms with van der Waals surface area (Å²) in [5, 5.41) is 13.2. The second-order valence-electron chi connectivity index (χ2n) is 8.86. The first-order valence-electron chi connectivity index (χ1n) is 9.68. The smallest absolute Gasteiger partial charge is 0.336 e. The van der Waals surface area contributed by atoms with E-state index in [1.54, 1.807) is 6.07 Å². The molecule has 0 saturated heterocycles. The molecule has 3 atom stereocenters. The van der Waals surface area contributed by atoms with Gasteiger partial charge in [-0.25, -0.2) is 4.79 Å². The molecular formula is C24H27NO2. The van der Waals surface area contributed by atoms with E-state index in [9.17, 15) is 9.90 Å². The number of allylic oxidation sites excluding steroid dienone is 2. The summed E-state index contributed by atoms with van der Waals surface area (Å²) in [4.78, 5) is 11.6. The number of aromatic carboxylic acids is 1. The summed E-state index contributed by atoms with van der Waals surface area (Å²) in [6.45, 7) is 8.59. The van der Waals surface area contributed by atoms with Gasteiger partial charge in [0.15, 0.2) is 0 Å². The lowest BCUT2D eigenvalue weighted by Gasteiger charge is -2.38. The third kappa shape index (κ3) is 2.95. The van der Waals surface area contributed by atoms with Gasteiger partial charge in [-0.1, -0.05) is 63.3 Å². The van der Waals surface area contributed by atoms with E-state index >= 15 is 0 Å². The van der Waals surface area contributed by atoms with Crippen LogP contribution in [-0.2, 0) is 5.41 Å². The number of carboxylic acids is 1. The fourth-order valence-corrected chi connectivity index (χ4v) is 4.57. The molecule has 140 valence electrons. The van der Waals surface area contributed by atoms with Crippen molar-refractivity contribution in [3.05, 3.63) is 76.4 Å². The van der Waals surface area contributed by atoms with Crippen molar-refractivity contribution in [1.29, 1.82) is 0 Å². The zero-order chi connectivity index (χ0) is 19.3. The Morgan fingerprint density at radius 2 is 1.81 bits per heavy atom. The Morgan fingerprint density at radius 1 is 1.11 bits per heavy atom. The normalized spacial score (nSPS) is 23.5. The van der Waals surface area contributed by atoms with Crippen molar-refractivity contribution in [2.75, 3.05) is 5.32 Å². The van der Waals surface area contributed by atoms with Crippen LogP contribution in [0.3, 0.4) is 0 Å². The molecule has 4 rings (SSSR count). The summed E-state index contributed by atoms with van der Waals surface area (Å²) in [7, 11) is 0. The average Bonchev–Trinajstić information content (AvgIpc) is 3.10. The molecule has 0 aromatic heterocycles. The second kappa shape index (κ2) is 6.26. The van der Waals surface area contributed by atoms with E-state index in [1.165, 1.54) is 16.7 Å². The highest BCUT2D eigenvalue weighted by molar-refractivity contribution is 5.92. The van der Waals surface area contributed by atoms with E-state index in [1.807, 2.05) is 13.0 Å². The number of hydrogen-bond donors (Lipinski definition) is 2. The van der Waals surface area contributed by atoms with E-state index in [-0.39, 0.29) is 11.5 Å². The number of hydrogen-bond acceptors (Lipinski definition) is 2. The summed E-state index contributed by atoms with van der Waals surface area (Å²) in [6, 6.07) is 12.8. The molecule has 3 heteroatoms. The Hall–Kier alpha value is -2.55. The van der Waals surface area contributed by atoms with Crippen molar-refractivity contribution in [2.24, 2.45) is 5.92 Å². The molecule has 27 heavy (non-hydrogen) atoms. The third-order valence-electron chi connectivity index (χ3n) is 6.16. The van der Waals surface area contributed by atoms with Gasteiger partial charge in [-0.05, 0) is 53.0 Å². The van der Waals surface area contributed by atoms with E-state index in [0.29, 0.717) is 17.4 Å². The number of rotatable bonds is 2. The topological polar surface area (TPSA) is 49.3 Å². The molecule has 2 N–H and O–H groups in total. The van der Waals surface area contributed by atoms with Crippen LogP contribution in [0.2, 0.25) is 0 Å². The Balaban J connectivity index is 1.76. The van der Waals surface area contributed by atoms with Gasteiger partial charge in [-0.2, -0.15) is 0 Å². The molecule has 2 aliphatic rings. The first kappa shape index (κ1) is 17.8. The molecule has 0 unspecified atom stereocenters. The monoisotopic (exact) mass is 361 g/mol. The average molecular weight is 361 g/mol. The SMILES string of the molecule is Cc1c(C(=O)O)ccc2c1N[C@H](c1ccc(C(C)(C)C)cc1)[C@@H]1CC=C[C@H]21. The standard InChI is InChI=1S/C24H27NO2/c1-14-17(23(26)27)12-13-20-18-6-5-7-19(18)22(25-21(14)20)15-8-10-16(11-9-15)24(2,3)4/h5-6,8-13,18-19,22,25H,7H2,1-4H3,(H,26,27)/t18-,19+,22+/m0/s1. The molecule has 3 nitrogen and oxygen atoms in total. The summed E-state index contributed by atoms with van der Waals surface area (Å²) in [5.74, 6) is -0.0598. The molecular weight excluding hydrogens is 334 g/mol. The lowest BCUT2D eigenvalue weighted by atomic mass is 9.75. The molecule has 2 aromatic rings. The largest absolute Gasteiger partial charge is 0.478 e. The number of nitrogens with one attached hydrogen (secondary N) is 1. The van der Waals surface area contributed by atoms with E-state index in [0.717, 1.165) is 17.7 Å². The Kier molecular flexibility index (Phi) is 4.14. The maximum absolute atomic E-state index is 11.6. The van der Waals surface area contributed by atoms with E-state index < -0.39 is 5.97 Å². The van der Waals surface area contributed by atoms with Gasteiger partial charge in [0.2, 0.25) is 0 Å². The van der Waals surface area contributed by atoms with Gasteiger partial charge in [-0.15, -0.1) is 0 Å². The molecule has 0 amide bonds. The van der Waals surface area contributed by atoms with Crippen LogP contribution in [0.25, 0.3) is 0 Å². The molecule has 0 saturated carbocycles. The highest BCUT2D eigenvalue weighted by Crippen LogP contribution is 2.51. The van der Waals surface area contributed by atoms with Crippen molar-refractivity contribution in [3.8, 4) is 0 Å². The van der Waals surface area contributed by atoms with Crippen molar-refractivity contribution < 1.29 is 9.90 Å². The maximum atomic E-state index is 11.6. The second-order valence-corrected chi connectivity index (χ2v) is 8.86. The highest BCUT2D eigenvalue weighted by atomic mass is 16.4. The van der Waals surface area contributed by atoms with Gasteiger partial charge < -0.3 is 10.4 Å². The number of carboxylic acid groups (broad SMARTS) is 1. The first-order chi connectivity index (χ1) is 12.8. The van der Waals surface area contributed by atoms with Crippen LogP contribution in [0.5, 0.6) is 0 Å². The number of anilines is 1. The maximum Gasteiger partial charge on any atom is 0.336 e. The van der Waals surface area contributed by atoms with Gasteiger partial charge in [0.05, 0.1) is 11.6 Å². The zero-order valence-electron chi connectivity index (χ0n) is 16.4. The van der Waals surface area contributed by atoms with Gasteiger partial charge in [0.1, 0.15) is 0 Å². The van der Waals surface area contributed by atoms with Crippen LogP contribution in [0.4, 0.5) is 5.69 Å². The van der Waals surface area contributed by atoms with Crippen molar-refractivity contribution in [1.82, 2.24) is 0 Å². The first-order valence-corrected chi connectivity index (χ1v) is 9.68. The molecule has 0 radical (unpaired) electrons. The summed E-state index contributed by atoms with van der Waals surface area (Å²) in [6.07, 6.45) is 5.60. The van der Waals surface area contributed by atoms with Gasteiger partial charge in [-0.3, -0.25) is 0 Å².